The zero-order valence-corrected chi connectivity index (χ0v) is 10.4. The van der Waals surface area contributed by atoms with Crippen LogP contribution in [0.25, 0.3) is 0 Å². The zero-order chi connectivity index (χ0) is 11.9. The van der Waals surface area contributed by atoms with Crippen molar-refractivity contribution in [3.05, 3.63) is 11.6 Å². The lowest BCUT2D eigenvalue weighted by Crippen LogP contribution is -2.26. The second-order valence-electron chi connectivity index (χ2n) is 5.21. The molecule has 0 aromatic carbocycles. The summed E-state index contributed by atoms with van der Waals surface area (Å²) in [5.41, 5.74) is 0.791. The number of ether oxygens (including phenoxy) is 2. The molecule has 0 bridgehead atoms. The average Bonchev–Trinajstić information content (AvgIpc) is 3.04. The summed E-state index contributed by atoms with van der Waals surface area (Å²) in [6.07, 6.45) is 3.39. The van der Waals surface area contributed by atoms with Crippen molar-refractivity contribution in [1.82, 2.24) is 0 Å². The van der Waals surface area contributed by atoms with Crippen LogP contribution in [0.1, 0.15) is 27.2 Å². The van der Waals surface area contributed by atoms with E-state index in [1.165, 1.54) is 7.11 Å². The fourth-order valence-corrected chi connectivity index (χ4v) is 2.45. The van der Waals surface area contributed by atoms with Crippen LogP contribution in [0.2, 0.25) is 0 Å². The van der Waals surface area contributed by atoms with E-state index in [1.807, 2.05) is 0 Å². The first-order valence-corrected chi connectivity index (χ1v) is 5.99. The third-order valence-electron chi connectivity index (χ3n) is 3.92. The summed E-state index contributed by atoms with van der Waals surface area (Å²) in [4.78, 5) is 11.5. The Bertz CT molecular complexity index is 319. The van der Waals surface area contributed by atoms with E-state index in [-0.39, 0.29) is 12.1 Å². The van der Waals surface area contributed by atoms with E-state index in [1.54, 1.807) is 0 Å². The van der Waals surface area contributed by atoms with Gasteiger partial charge in [-0.15, -0.1) is 0 Å². The minimum absolute atomic E-state index is 0.199. The number of epoxide rings is 1. The van der Waals surface area contributed by atoms with Gasteiger partial charge >= 0.3 is 5.97 Å². The molecule has 1 unspecified atom stereocenters. The highest BCUT2D eigenvalue weighted by Gasteiger charge is 2.50. The molecule has 1 saturated heterocycles. The number of carbonyl (C=O) groups excluding carboxylic acids is 1. The Hall–Kier alpha value is -0.830. The molecule has 0 aromatic rings. The van der Waals surface area contributed by atoms with Gasteiger partial charge in [-0.1, -0.05) is 26.8 Å². The molecule has 0 aromatic heterocycles. The monoisotopic (exact) mass is 224 g/mol. The van der Waals surface area contributed by atoms with Crippen molar-refractivity contribution in [3.8, 4) is 0 Å². The van der Waals surface area contributed by atoms with Gasteiger partial charge in [0.25, 0.3) is 0 Å². The molecule has 1 aliphatic heterocycles. The Labute approximate surface area is 96.8 Å². The van der Waals surface area contributed by atoms with Crippen molar-refractivity contribution in [2.75, 3.05) is 7.11 Å². The van der Waals surface area contributed by atoms with Crippen LogP contribution in [0.15, 0.2) is 11.6 Å². The van der Waals surface area contributed by atoms with E-state index in [4.69, 9.17) is 9.47 Å². The van der Waals surface area contributed by atoms with E-state index in [2.05, 4.69) is 26.8 Å². The third-order valence-corrected chi connectivity index (χ3v) is 3.92. The highest BCUT2D eigenvalue weighted by Crippen LogP contribution is 2.44. The topological polar surface area (TPSA) is 38.8 Å². The van der Waals surface area contributed by atoms with Crippen LogP contribution in [-0.2, 0) is 14.3 Å². The molecule has 2 aliphatic rings. The number of fused-ring (bicyclic) bond motifs is 1. The maximum absolute atomic E-state index is 11.5. The van der Waals surface area contributed by atoms with Crippen molar-refractivity contribution in [1.29, 1.82) is 0 Å². The number of esters is 1. The summed E-state index contributed by atoms with van der Waals surface area (Å²) in [6, 6.07) is 0. The Morgan fingerprint density at radius 3 is 2.75 bits per heavy atom. The van der Waals surface area contributed by atoms with Gasteiger partial charge in [0, 0.05) is 17.9 Å². The molecule has 16 heavy (non-hydrogen) atoms. The maximum Gasteiger partial charge on any atom is 0.333 e. The molecular weight excluding hydrogens is 204 g/mol. The van der Waals surface area contributed by atoms with Crippen molar-refractivity contribution in [2.45, 2.75) is 39.4 Å². The Morgan fingerprint density at radius 1 is 1.50 bits per heavy atom. The summed E-state index contributed by atoms with van der Waals surface area (Å²) in [5.74, 6) is 1.31. The van der Waals surface area contributed by atoms with Crippen LogP contribution in [0.3, 0.4) is 0 Å². The molecule has 3 heteroatoms. The number of hydrogen-bond donors (Lipinski definition) is 0. The fraction of sp³-hybridized carbons (Fsp3) is 0.769. The quantitative estimate of drug-likeness (QED) is 0.544. The van der Waals surface area contributed by atoms with E-state index in [0.29, 0.717) is 23.9 Å². The van der Waals surface area contributed by atoms with Gasteiger partial charge in [0.15, 0.2) is 0 Å². The molecule has 1 fully saturated rings. The standard InChI is InChI=1S/C13H20O3/c1-7(2)8(3)10-5-9(13(14)15-4)6-11-12(10)16-11/h5,7-8,10-12H,6H2,1-4H3/t8?,10-,11-,12+/m0/s1. The molecule has 0 amide bonds. The van der Waals surface area contributed by atoms with Crippen molar-refractivity contribution in [3.63, 3.8) is 0 Å². The maximum atomic E-state index is 11.5. The first kappa shape index (κ1) is 11.6. The first-order valence-electron chi connectivity index (χ1n) is 5.99. The Kier molecular flexibility index (Phi) is 3.06. The van der Waals surface area contributed by atoms with E-state index in [0.717, 1.165) is 12.0 Å². The molecule has 0 spiro atoms. The Balaban J connectivity index is 2.15. The van der Waals surface area contributed by atoms with Gasteiger partial charge in [-0.3, -0.25) is 0 Å². The second kappa shape index (κ2) is 4.21. The van der Waals surface area contributed by atoms with Crippen LogP contribution in [0, 0.1) is 17.8 Å². The first-order chi connectivity index (χ1) is 7.54. The molecule has 0 radical (unpaired) electrons. The zero-order valence-electron chi connectivity index (χ0n) is 10.4. The molecule has 4 atom stereocenters. The summed E-state index contributed by atoms with van der Waals surface area (Å²) >= 11 is 0. The van der Waals surface area contributed by atoms with Crippen molar-refractivity contribution < 1.29 is 14.3 Å². The van der Waals surface area contributed by atoms with Gasteiger partial charge in [0.2, 0.25) is 0 Å². The van der Waals surface area contributed by atoms with Gasteiger partial charge in [-0.2, -0.15) is 0 Å². The predicted molar refractivity (Wildman–Crippen MR) is 60.9 cm³/mol. The number of rotatable bonds is 3. The lowest BCUT2D eigenvalue weighted by molar-refractivity contribution is -0.136. The van der Waals surface area contributed by atoms with Gasteiger partial charge in [0.05, 0.1) is 19.3 Å². The van der Waals surface area contributed by atoms with Crippen LogP contribution < -0.4 is 0 Å². The molecule has 3 nitrogen and oxygen atoms in total. The van der Waals surface area contributed by atoms with Crippen LogP contribution in [-0.4, -0.2) is 25.3 Å². The minimum Gasteiger partial charge on any atom is -0.466 e. The molecule has 0 N–H and O–H groups in total. The molecular formula is C13H20O3. The lowest BCUT2D eigenvalue weighted by atomic mass is 9.77. The van der Waals surface area contributed by atoms with Crippen LogP contribution >= 0.6 is 0 Å². The normalized spacial score (nSPS) is 34.1. The van der Waals surface area contributed by atoms with Crippen LogP contribution in [0.5, 0.6) is 0 Å². The third kappa shape index (κ3) is 2.01. The van der Waals surface area contributed by atoms with Gasteiger partial charge in [-0.25, -0.2) is 4.79 Å². The van der Waals surface area contributed by atoms with Crippen LogP contribution in [0.4, 0.5) is 0 Å². The van der Waals surface area contributed by atoms with Gasteiger partial charge in [-0.05, 0) is 11.8 Å². The summed E-state index contributed by atoms with van der Waals surface area (Å²) in [7, 11) is 1.43. The largest absolute Gasteiger partial charge is 0.466 e. The molecule has 1 aliphatic carbocycles. The Morgan fingerprint density at radius 2 is 2.19 bits per heavy atom. The SMILES string of the molecule is COC(=O)C1=C[C@@H](C(C)C(C)C)[C@H]2O[C@H]2C1. The molecule has 1 heterocycles. The smallest absolute Gasteiger partial charge is 0.333 e. The molecule has 90 valence electrons. The van der Waals surface area contributed by atoms with Gasteiger partial charge in [0.1, 0.15) is 0 Å². The average molecular weight is 224 g/mol. The number of hydrogen-bond acceptors (Lipinski definition) is 3. The minimum atomic E-state index is -0.199. The molecule has 0 saturated carbocycles. The lowest BCUT2D eigenvalue weighted by Gasteiger charge is -2.25. The van der Waals surface area contributed by atoms with Crippen molar-refractivity contribution >= 4 is 5.97 Å². The highest BCUT2D eigenvalue weighted by molar-refractivity contribution is 5.88. The summed E-state index contributed by atoms with van der Waals surface area (Å²) in [5, 5.41) is 0. The second-order valence-corrected chi connectivity index (χ2v) is 5.21. The number of methoxy groups -OCH3 is 1. The van der Waals surface area contributed by atoms with E-state index >= 15 is 0 Å². The van der Waals surface area contributed by atoms with Gasteiger partial charge < -0.3 is 9.47 Å². The van der Waals surface area contributed by atoms with E-state index in [9.17, 15) is 4.79 Å². The highest BCUT2D eigenvalue weighted by atomic mass is 16.6. The number of carbonyl (C=O) groups is 1. The fourth-order valence-electron chi connectivity index (χ4n) is 2.45. The summed E-state index contributed by atoms with van der Waals surface area (Å²) < 4.78 is 10.4. The van der Waals surface area contributed by atoms with E-state index < -0.39 is 0 Å². The van der Waals surface area contributed by atoms with Crippen molar-refractivity contribution in [2.24, 2.45) is 17.8 Å². The summed E-state index contributed by atoms with van der Waals surface area (Å²) in [6.45, 7) is 6.65. The molecule has 2 rings (SSSR count). The predicted octanol–water partition coefficient (Wildman–Crippen LogP) is 2.17.